The molecule has 10 heteroatoms. The molecule has 0 fully saturated rings. The predicted octanol–water partition coefficient (Wildman–Crippen LogP) is 3.05. The minimum Gasteiger partial charge on any atom is -0.326 e. The summed E-state index contributed by atoms with van der Waals surface area (Å²) in [6.07, 6.45) is 3.09. The summed E-state index contributed by atoms with van der Waals surface area (Å²) in [4.78, 5) is 13.5. The summed E-state index contributed by atoms with van der Waals surface area (Å²) in [6.45, 7) is 0.976. The normalized spacial score (nSPS) is 11.3. The van der Waals surface area contributed by atoms with Crippen molar-refractivity contribution in [1.82, 2.24) is 19.7 Å². The van der Waals surface area contributed by atoms with Gasteiger partial charge in [-0.2, -0.15) is 13.2 Å². The largest absolute Gasteiger partial charge is 0.446 e. The van der Waals surface area contributed by atoms with Crippen LogP contribution in [-0.2, 0) is 6.54 Å². The molecule has 1 N–H and O–H groups in total. The lowest BCUT2D eigenvalue weighted by molar-refractivity contribution is -0.0328. The van der Waals surface area contributed by atoms with Crippen LogP contribution in [0.4, 0.5) is 23.7 Å². The Balaban J connectivity index is 1.84. The van der Waals surface area contributed by atoms with Gasteiger partial charge in [-0.1, -0.05) is 0 Å². The van der Waals surface area contributed by atoms with Crippen molar-refractivity contribution in [3.8, 4) is 0 Å². The number of rotatable bonds is 5. The number of benzene rings is 1. The van der Waals surface area contributed by atoms with Gasteiger partial charge >= 0.3 is 11.5 Å². The Bertz CT molecular complexity index is 630. The van der Waals surface area contributed by atoms with Crippen LogP contribution in [0.1, 0.15) is 0 Å². The van der Waals surface area contributed by atoms with E-state index in [1.54, 1.807) is 24.3 Å². The van der Waals surface area contributed by atoms with Crippen molar-refractivity contribution in [3.63, 3.8) is 0 Å². The first-order valence-corrected chi connectivity index (χ1v) is 7.35. The van der Waals surface area contributed by atoms with Crippen LogP contribution in [0.25, 0.3) is 0 Å². The zero-order valence-electron chi connectivity index (χ0n) is 12.1. The number of amides is 2. The van der Waals surface area contributed by atoms with Crippen molar-refractivity contribution in [2.24, 2.45) is 0 Å². The summed E-state index contributed by atoms with van der Waals surface area (Å²) in [5, 5.41) is 9.93. The number of carbonyl (C=O) groups excluding carboxylic acids is 1. The smallest absolute Gasteiger partial charge is 0.326 e. The number of hydrogen-bond acceptors (Lipinski definition) is 4. The van der Waals surface area contributed by atoms with E-state index in [0.29, 0.717) is 18.8 Å². The first-order valence-electron chi connectivity index (χ1n) is 6.54. The van der Waals surface area contributed by atoms with Crippen molar-refractivity contribution in [1.29, 1.82) is 0 Å². The van der Waals surface area contributed by atoms with E-state index in [1.165, 1.54) is 29.2 Å². The number of halogens is 3. The maximum Gasteiger partial charge on any atom is 0.446 e. The lowest BCUT2D eigenvalue weighted by Gasteiger charge is -2.18. The van der Waals surface area contributed by atoms with E-state index in [9.17, 15) is 18.0 Å². The average Bonchev–Trinajstić information content (AvgIpc) is 2.98. The summed E-state index contributed by atoms with van der Waals surface area (Å²) in [6, 6.07) is 5.13. The lowest BCUT2D eigenvalue weighted by atomic mass is 10.3. The number of alkyl halides is 3. The van der Waals surface area contributed by atoms with Gasteiger partial charge in [0.25, 0.3) is 0 Å². The van der Waals surface area contributed by atoms with E-state index in [4.69, 9.17) is 0 Å². The molecule has 6 nitrogen and oxygen atoms in total. The number of thioether (sulfide) groups is 1. The van der Waals surface area contributed by atoms with Gasteiger partial charge in [0.1, 0.15) is 12.7 Å². The van der Waals surface area contributed by atoms with Crippen molar-refractivity contribution < 1.29 is 18.0 Å². The van der Waals surface area contributed by atoms with Crippen LogP contribution in [0.15, 0.2) is 41.8 Å². The molecule has 0 aliphatic heterocycles. The maximum atomic E-state index is 12.2. The van der Waals surface area contributed by atoms with Gasteiger partial charge < -0.3 is 14.8 Å². The first kappa shape index (κ1) is 17.1. The van der Waals surface area contributed by atoms with Gasteiger partial charge in [-0.05, 0) is 36.0 Å². The van der Waals surface area contributed by atoms with E-state index in [0.717, 1.165) is 0 Å². The second-order valence-electron chi connectivity index (χ2n) is 4.62. The zero-order valence-corrected chi connectivity index (χ0v) is 12.9. The highest BCUT2D eigenvalue weighted by atomic mass is 32.2. The Labute approximate surface area is 134 Å². The molecule has 0 spiro atoms. The molecule has 0 unspecified atom stereocenters. The fourth-order valence-electron chi connectivity index (χ4n) is 1.66. The van der Waals surface area contributed by atoms with E-state index in [-0.39, 0.29) is 22.7 Å². The number of anilines is 1. The van der Waals surface area contributed by atoms with Crippen LogP contribution < -0.4 is 5.32 Å². The van der Waals surface area contributed by atoms with Crippen molar-refractivity contribution in [3.05, 3.63) is 36.9 Å². The Kier molecular flexibility index (Phi) is 5.48. The molecular formula is C13H14F3N5OS. The van der Waals surface area contributed by atoms with Gasteiger partial charge in [0.2, 0.25) is 0 Å². The third kappa shape index (κ3) is 5.81. The first-order chi connectivity index (χ1) is 10.8. The topological polar surface area (TPSA) is 63.1 Å². The van der Waals surface area contributed by atoms with Gasteiger partial charge in [-0.3, -0.25) is 0 Å². The van der Waals surface area contributed by atoms with E-state index < -0.39 is 5.51 Å². The number of hydrogen-bond donors (Lipinski definition) is 1. The van der Waals surface area contributed by atoms with Gasteiger partial charge in [-0.25, -0.2) is 4.79 Å². The van der Waals surface area contributed by atoms with Crippen LogP contribution in [0.5, 0.6) is 0 Å². The molecule has 2 rings (SSSR count). The van der Waals surface area contributed by atoms with Crippen LogP contribution in [0.3, 0.4) is 0 Å². The molecule has 0 atom stereocenters. The number of nitrogens with zero attached hydrogens (tertiary/aromatic N) is 4. The molecule has 2 amide bonds. The SMILES string of the molecule is CN(CCn1cnnc1)C(=O)Nc1ccc(SC(F)(F)F)cc1. The van der Waals surface area contributed by atoms with E-state index in [2.05, 4.69) is 15.5 Å². The molecule has 0 aliphatic carbocycles. The molecule has 23 heavy (non-hydrogen) atoms. The van der Waals surface area contributed by atoms with E-state index in [1.807, 2.05) is 0 Å². The summed E-state index contributed by atoms with van der Waals surface area (Å²) in [5.41, 5.74) is -3.90. The lowest BCUT2D eigenvalue weighted by Crippen LogP contribution is -2.33. The van der Waals surface area contributed by atoms with Gasteiger partial charge in [0.05, 0.1) is 0 Å². The molecule has 124 valence electrons. The fraction of sp³-hybridized carbons (Fsp3) is 0.308. The van der Waals surface area contributed by atoms with Crippen LogP contribution in [-0.4, -0.2) is 44.8 Å². The number of urea groups is 1. The Morgan fingerprint density at radius 2 is 1.87 bits per heavy atom. The summed E-state index contributed by atoms with van der Waals surface area (Å²) in [7, 11) is 1.62. The zero-order chi connectivity index (χ0) is 16.9. The van der Waals surface area contributed by atoms with Crippen LogP contribution >= 0.6 is 11.8 Å². The number of carbonyl (C=O) groups is 1. The van der Waals surface area contributed by atoms with Crippen molar-refractivity contribution in [2.75, 3.05) is 18.9 Å². The molecule has 0 radical (unpaired) electrons. The molecule has 1 aromatic carbocycles. The average molecular weight is 345 g/mol. The van der Waals surface area contributed by atoms with E-state index >= 15 is 0 Å². The molecule has 0 saturated carbocycles. The van der Waals surface area contributed by atoms with Gasteiger partial charge in [-0.15, -0.1) is 10.2 Å². The summed E-state index contributed by atoms with van der Waals surface area (Å²) < 4.78 is 38.4. The third-order valence-corrected chi connectivity index (χ3v) is 3.59. The molecule has 0 saturated heterocycles. The Morgan fingerprint density at radius 1 is 1.26 bits per heavy atom. The second kappa shape index (κ2) is 7.36. The quantitative estimate of drug-likeness (QED) is 0.846. The fourth-order valence-corrected chi connectivity index (χ4v) is 2.20. The second-order valence-corrected chi connectivity index (χ2v) is 5.76. The minimum absolute atomic E-state index is 0.0662. The highest BCUT2D eigenvalue weighted by Gasteiger charge is 2.29. The molecule has 0 bridgehead atoms. The van der Waals surface area contributed by atoms with Crippen molar-refractivity contribution in [2.45, 2.75) is 16.9 Å². The summed E-state index contributed by atoms with van der Waals surface area (Å²) >= 11 is -0.196. The van der Waals surface area contributed by atoms with Gasteiger partial charge in [0.15, 0.2) is 0 Å². The highest BCUT2D eigenvalue weighted by molar-refractivity contribution is 8.00. The Morgan fingerprint density at radius 3 is 2.43 bits per heavy atom. The molecule has 1 heterocycles. The standard InChI is InChI=1S/C13H14F3N5OS/c1-20(6-7-21-8-17-18-9-21)12(22)19-10-2-4-11(5-3-10)23-13(14,15)16/h2-5,8-9H,6-7H2,1H3,(H,19,22). The maximum absolute atomic E-state index is 12.2. The molecule has 1 aromatic heterocycles. The van der Waals surface area contributed by atoms with Gasteiger partial charge in [0, 0.05) is 30.7 Å². The number of nitrogens with one attached hydrogen (secondary N) is 1. The molecule has 0 aliphatic rings. The van der Waals surface area contributed by atoms with Crippen molar-refractivity contribution >= 4 is 23.5 Å². The monoisotopic (exact) mass is 345 g/mol. The van der Waals surface area contributed by atoms with Crippen LogP contribution in [0.2, 0.25) is 0 Å². The summed E-state index contributed by atoms with van der Waals surface area (Å²) in [5.74, 6) is 0. The number of aromatic nitrogens is 3. The molecular weight excluding hydrogens is 331 g/mol. The minimum atomic E-state index is -4.33. The predicted molar refractivity (Wildman–Crippen MR) is 80.0 cm³/mol. The number of likely N-dealkylation sites (N-methyl/N-ethyl adjacent to an activating group) is 1. The van der Waals surface area contributed by atoms with Crippen LogP contribution in [0, 0.1) is 0 Å². The molecule has 2 aromatic rings. The third-order valence-electron chi connectivity index (χ3n) is 2.85. The highest BCUT2D eigenvalue weighted by Crippen LogP contribution is 2.37. The Hall–Kier alpha value is -2.23.